The summed E-state index contributed by atoms with van der Waals surface area (Å²) in [4.78, 5) is 0. The molecule has 1 heterocycles. The Balaban J connectivity index is 3.19. The smallest absolute Gasteiger partial charge is 0.265 e. The Morgan fingerprint density at radius 1 is 1.45 bits per heavy atom. The first-order valence-corrected chi connectivity index (χ1v) is 3.13. The highest BCUT2D eigenvalue weighted by molar-refractivity contribution is 5.25. The maximum atomic E-state index is 12.7. The summed E-state index contributed by atoms with van der Waals surface area (Å²) >= 11 is 0. The zero-order chi connectivity index (χ0) is 8.59. The number of alkyl halides is 2. The van der Waals surface area contributed by atoms with Crippen LogP contribution in [0.3, 0.4) is 0 Å². The predicted molar refractivity (Wildman–Crippen MR) is 35.1 cm³/mol. The van der Waals surface area contributed by atoms with Crippen molar-refractivity contribution < 1.29 is 13.2 Å². The highest BCUT2D eigenvalue weighted by atomic mass is 19.3. The summed E-state index contributed by atoms with van der Waals surface area (Å²) in [5, 5.41) is 0. The molecule has 0 radical (unpaired) electrons. The molecule has 0 amide bonds. The van der Waals surface area contributed by atoms with E-state index in [2.05, 4.69) is 0 Å². The maximum absolute atomic E-state index is 12.7. The van der Waals surface area contributed by atoms with Crippen LogP contribution in [0.15, 0.2) is 6.20 Å². The van der Waals surface area contributed by atoms with Crippen molar-refractivity contribution in [1.82, 2.24) is 4.57 Å². The van der Waals surface area contributed by atoms with E-state index in [1.54, 1.807) is 0 Å². The fraction of sp³-hybridized carbons (Fsp3) is 0.429. The van der Waals surface area contributed by atoms with Crippen LogP contribution in [-0.2, 0) is 7.05 Å². The molecule has 1 aromatic rings. The number of halogens is 3. The fourth-order valence-electron chi connectivity index (χ4n) is 0.966. The van der Waals surface area contributed by atoms with Crippen LogP contribution in [0.2, 0.25) is 0 Å². The third-order valence-electron chi connectivity index (χ3n) is 1.62. The van der Waals surface area contributed by atoms with Crippen LogP contribution in [-0.4, -0.2) is 4.57 Å². The number of nitrogens with zero attached hydrogens (tertiary/aromatic N) is 1. The van der Waals surface area contributed by atoms with Crippen LogP contribution in [0.1, 0.15) is 17.6 Å². The van der Waals surface area contributed by atoms with Crippen molar-refractivity contribution in [3.8, 4) is 0 Å². The number of hydrogen-bond acceptors (Lipinski definition) is 0. The van der Waals surface area contributed by atoms with Gasteiger partial charge in [-0.25, -0.2) is 8.78 Å². The van der Waals surface area contributed by atoms with Gasteiger partial charge in [-0.15, -0.1) is 0 Å². The maximum Gasteiger partial charge on any atom is 0.265 e. The van der Waals surface area contributed by atoms with Gasteiger partial charge in [0.25, 0.3) is 6.43 Å². The molecule has 1 aromatic heterocycles. The molecule has 0 aliphatic rings. The summed E-state index contributed by atoms with van der Waals surface area (Å²) < 4.78 is 37.9. The van der Waals surface area contributed by atoms with Gasteiger partial charge in [0, 0.05) is 24.4 Å². The van der Waals surface area contributed by atoms with E-state index in [4.69, 9.17) is 0 Å². The second kappa shape index (κ2) is 2.60. The molecule has 1 rings (SSSR count). The van der Waals surface area contributed by atoms with Gasteiger partial charge in [-0.05, 0) is 6.92 Å². The Hall–Kier alpha value is -0.930. The highest BCUT2D eigenvalue weighted by Crippen LogP contribution is 2.24. The highest BCUT2D eigenvalue weighted by Gasteiger charge is 2.16. The van der Waals surface area contributed by atoms with Crippen LogP contribution in [0, 0.1) is 12.9 Å². The third kappa shape index (κ3) is 1.25. The zero-order valence-electron chi connectivity index (χ0n) is 6.24. The van der Waals surface area contributed by atoms with Crippen molar-refractivity contribution in [2.45, 2.75) is 13.3 Å². The summed E-state index contributed by atoms with van der Waals surface area (Å²) in [7, 11) is 1.40. The minimum atomic E-state index is -2.59. The standard InChI is InChI=1S/C7H8F3N/c1-4-5(6(8)9)3-11(2)7(4)10/h3,6H,1-2H3. The van der Waals surface area contributed by atoms with E-state index >= 15 is 0 Å². The Bertz CT molecular complexity index is 265. The molecule has 62 valence electrons. The molecule has 11 heavy (non-hydrogen) atoms. The Morgan fingerprint density at radius 3 is 2.18 bits per heavy atom. The molecule has 0 saturated carbocycles. The molecule has 0 fully saturated rings. The van der Waals surface area contributed by atoms with Crippen molar-refractivity contribution in [2.24, 2.45) is 7.05 Å². The molecule has 0 N–H and O–H groups in total. The minimum Gasteiger partial charge on any atom is -0.327 e. The number of aryl methyl sites for hydroxylation is 1. The first-order valence-electron chi connectivity index (χ1n) is 3.13. The molecule has 0 aromatic carbocycles. The van der Waals surface area contributed by atoms with Crippen LogP contribution in [0.5, 0.6) is 0 Å². The molecule has 1 nitrogen and oxygen atoms in total. The quantitative estimate of drug-likeness (QED) is 0.599. The molecule has 0 bridgehead atoms. The SMILES string of the molecule is Cc1c(C(F)F)cn(C)c1F. The first-order chi connectivity index (χ1) is 5.04. The summed E-state index contributed by atoms with van der Waals surface area (Å²) in [5.41, 5.74) is -0.201. The van der Waals surface area contributed by atoms with Crippen molar-refractivity contribution in [2.75, 3.05) is 0 Å². The monoisotopic (exact) mass is 163 g/mol. The number of hydrogen-bond donors (Lipinski definition) is 0. The largest absolute Gasteiger partial charge is 0.327 e. The molecular weight excluding hydrogens is 155 g/mol. The van der Waals surface area contributed by atoms with Crippen LogP contribution >= 0.6 is 0 Å². The molecule has 4 heteroatoms. The average Bonchev–Trinajstić information content (AvgIpc) is 2.17. The van der Waals surface area contributed by atoms with E-state index in [1.807, 2.05) is 0 Å². The Kier molecular flexibility index (Phi) is 1.93. The van der Waals surface area contributed by atoms with Gasteiger partial charge in [-0.3, -0.25) is 0 Å². The predicted octanol–water partition coefficient (Wildman–Crippen LogP) is 2.41. The van der Waals surface area contributed by atoms with Crippen molar-refractivity contribution >= 4 is 0 Å². The lowest BCUT2D eigenvalue weighted by Gasteiger charge is -1.93. The number of rotatable bonds is 1. The Labute approximate surface area is 62.4 Å². The zero-order valence-corrected chi connectivity index (χ0v) is 6.24. The van der Waals surface area contributed by atoms with Gasteiger partial charge in [0.15, 0.2) is 5.95 Å². The van der Waals surface area contributed by atoms with Gasteiger partial charge in [0.2, 0.25) is 0 Å². The van der Waals surface area contributed by atoms with E-state index < -0.39 is 12.4 Å². The second-order valence-corrected chi connectivity index (χ2v) is 2.41. The van der Waals surface area contributed by atoms with Crippen molar-refractivity contribution in [1.29, 1.82) is 0 Å². The third-order valence-corrected chi connectivity index (χ3v) is 1.62. The van der Waals surface area contributed by atoms with E-state index in [0.717, 1.165) is 10.8 Å². The molecule has 0 spiro atoms. The molecular formula is C7H8F3N. The normalized spacial score (nSPS) is 11.1. The summed E-state index contributed by atoms with van der Waals surface area (Å²) in [6.45, 7) is 1.34. The molecule has 0 atom stereocenters. The fourth-order valence-corrected chi connectivity index (χ4v) is 0.966. The molecule has 0 saturated heterocycles. The van der Waals surface area contributed by atoms with E-state index in [-0.39, 0.29) is 11.1 Å². The van der Waals surface area contributed by atoms with Crippen LogP contribution < -0.4 is 0 Å². The van der Waals surface area contributed by atoms with Crippen molar-refractivity contribution in [3.63, 3.8) is 0 Å². The van der Waals surface area contributed by atoms with Gasteiger partial charge >= 0.3 is 0 Å². The summed E-state index contributed by atoms with van der Waals surface area (Å²) in [6, 6.07) is 0. The van der Waals surface area contributed by atoms with E-state index in [0.29, 0.717) is 0 Å². The molecule has 0 aliphatic carbocycles. The first kappa shape index (κ1) is 8.17. The second-order valence-electron chi connectivity index (χ2n) is 2.41. The van der Waals surface area contributed by atoms with Gasteiger partial charge < -0.3 is 4.57 Å². The van der Waals surface area contributed by atoms with Gasteiger partial charge in [-0.2, -0.15) is 4.39 Å². The van der Waals surface area contributed by atoms with Gasteiger partial charge in [-0.1, -0.05) is 0 Å². The summed E-state index contributed by atoms with van der Waals surface area (Å²) in [6.07, 6.45) is -1.49. The Morgan fingerprint density at radius 2 is 2.00 bits per heavy atom. The molecule has 0 aliphatic heterocycles. The molecule has 0 unspecified atom stereocenters. The lowest BCUT2D eigenvalue weighted by Crippen LogP contribution is -1.89. The van der Waals surface area contributed by atoms with Gasteiger partial charge in [0.05, 0.1) is 0 Å². The van der Waals surface area contributed by atoms with Crippen LogP contribution in [0.25, 0.3) is 0 Å². The van der Waals surface area contributed by atoms with Crippen molar-refractivity contribution in [3.05, 3.63) is 23.3 Å². The van der Waals surface area contributed by atoms with E-state index in [9.17, 15) is 13.2 Å². The van der Waals surface area contributed by atoms with Gasteiger partial charge in [0.1, 0.15) is 0 Å². The summed E-state index contributed by atoms with van der Waals surface area (Å²) in [5.74, 6) is -0.597. The average molecular weight is 163 g/mol. The minimum absolute atomic E-state index is 0.0301. The van der Waals surface area contributed by atoms with E-state index in [1.165, 1.54) is 14.0 Å². The lowest BCUT2D eigenvalue weighted by atomic mass is 10.2. The topological polar surface area (TPSA) is 4.93 Å². The number of aromatic nitrogens is 1. The lowest BCUT2D eigenvalue weighted by molar-refractivity contribution is 0.150. The van der Waals surface area contributed by atoms with Crippen LogP contribution in [0.4, 0.5) is 13.2 Å².